The van der Waals surface area contributed by atoms with Crippen LogP contribution in [0.15, 0.2) is 6.07 Å². The van der Waals surface area contributed by atoms with Crippen LogP contribution in [0.2, 0.25) is 0 Å². The molecule has 0 spiro atoms. The second-order valence-electron chi connectivity index (χ2n) is 3.47. The first kappa shape index (κ1) is 9.71. The van der Waals surface area contributed by atoms with Crippen LogP contribution >= 0.6 is 0 Å². The third kappa shape index (κ3) is 1.21. The van der Waals surface area contributed by atoms with Crippen molar-refractivity contribution in [3.8, 4) is 5.75 Å². The minimum atomic E-state index is -0.626. The van der Waals surface area contributed by atoms with Crippen LogP contribution in [0.4, 0.5) is 0 Å². The van der Waals surface area contributed by atoms with Crippen LogP contribution in [0.25, 0.3) is 0 Å². The topological polar surface area (TPSA) is 52.6 Å². The van der Waals surface area contributed by atoms with Gasteiger partial charge in [-0.05, 0) is 25.0 Å². The number of ether oxygens (including phenoxy) is 2. The second kappa shape index (κ2) is 3.08. The van der Waals surface area contributed by atoms with E-state index in [1.807, 2.05) is 6.92 Å². The lowest BCUT2D eigenvalue weighted by Gasteiger charge is -2.08. The molecule has 78 valence electrons. The van der Waals surface area contributed by atoms with E-state index in [2.05, 4.69) is 4.74 Å². The molecule has 0 radical (unpaired) electrons. The van der Waals surface area contributed by atoms with Gasteiger partial charge < -0.3 is 9.47 Å². The Bertz CT molecular complexity index is 474. The zero-order valence-corrected chi connectivity index (χ0v) is 8.71. The van der Waals surface area contributed by atoms with Crippen LogP contribution in [-0.2, 0) is 4.74 Å². The summed E-state index contributed by atoms with van der Waals surface area (Å²) in [5, 5.41) is 0. The number of carbonyl (C=O) groups is 2. The molecule has 1 aliphatic rings. The number of aryl methyl sites for hydroxylation is 2. The van der Waals surface area contributed by atoms with E-state index in [1.54, 1.807) is 13.0 Å². The molecule has 1 aliphatic heterocycles. The molecule has 0 N–H and O–H groups in total. The molecule has 1 aromatic rings. The Morgan fingerprint density at radius 1 is 1.07 bits per heavy atom. The minimum Gasteiger partial charge on any atom is -0.496 e. The van der Waals surface area contributed by atoms with Gasteiger partial charge in [0.2, 0.25) is 0 Å². The first-order chi connectivity index (χ1) is 7.06. The van der Waals surface area contributed by atoms with Crippen LogP contribution in [0.1, 0.15) is 31.8 Å². The molecule has 1 heterocycles. The molecule has 0 aromatic heterocycles. The van der Waals surface area contributed by atoms with E-state index in [1.165, 1.54) is 7.11 Å². The first-order valence-corrected chi connectivity index (χ1v) is 4.51. The van der Waals surface area contributed by atoms with Gasteiger partial charge in [-0.15, -0.1) is 0 Å². The number of rotatable bonds is 1. The molecule has 0 fully saturated rings. The molecule has 0 aliphatic carbocycles. The molecule has 0 saturated carbocycles. The average Bonchev–Trinajstić information content (AvgIpc) is 2.43. The Balaban J connectivity index is 2.83. The highest BCUT2D eigenvalue weighted by atomic mass is 16.6. The summed E-state index contributed by atoms with van der Waals surface area (Å²) in [5.74, 6) is -0.795. The summed E-state index contributed by atoms with van der Waals surface area (Å²) >= 11 is 0. The maximum atomic E-state index is 11.4. The van der Waals surface area contributed by atoms with Gasteiger partial charge in [0.1, 0.15) is 11.3 Å². The SMILES string of the molecule is COc1c(C)cc(C)c2c1C(=O)OC2=O. The molecular formula is C11H10O4. The molecule has 0 atom stereocenters. The summed E-state index contributed by atoms with van der Waals surface area (Å²) in [7, 11) is 1.47. The molecule has 0 saturated heterocycles. The van der Waals surface area contributed by atoms with Crippen molar-refractivity contribution < 1.29 is 19.1 Å². The number of benzene rings is 1. The predicted molar refractivity (Wildman–Crippen MR) is 52.2 cm³/mol. The summed E-state index contributed by atoms with van der Waals surface area (Å²) in [5.41, 5.74) is 2.13. The summed E-state index contributed by atoms with van der Waals surface area (Å²) in [4.78, 5) is 22.8. The van der Waals surface area contributed by atoms with Gasteiger partial charge in [0.05, 0.1) is 12.7 Å². The highest BCUT2D eigenvalue weighted by Gasteiger charge is 2.35. The molecule has 1 aromatic carbocycles. The molecule has 0 unspecified atom stereocenters. The van der Waals surface area contributed by atoms with Crippen LogP contribution in [0, 0.1) is 13.8 Å². The van der Waals surface area contributed by atoms with E-state index in [4.69, 9.17) is 4.74 Å². The van der Waals surface area contributed by atoms with E-state index in [-0.39, 0.29) is 5.56 Å². The number of esters is 2. The smallest absolute Gasteiger partial charge is 0.350 e. The third-order valence-corrected chi connectivity index (χ3v) is 2.46. The van der Waals surface area contributed by atoms with E-state index in [9.17, 15) is 9.59 Å². The first-order valence-electron chi connectivity index (χ1n) is 4.51. The van der Waals surface area contributed by atoms with Crippen LogP contribution < -0.4 is 4.74 Å². The van der Waals surface area contributed by atoms with Crippen LogP contribution in [0.3, 0.4) is 0 Å². The molecule has 4 nitrogen and oxygen atoms in total. The maximum absolute atomic E-state index is 11.4. The zero-order chi connectivity index (χ0) is 11.2. The lowest BCUT2D eigenvalue weighted by atomic mass is 9.99. The molecule has 0 bridgehead atoms. The number of carbonyl (C=O) groups excluding carboxylic acids is 2. The van der Waals surface area contributed by atoms with E-state index < -0.39 is 11.9 Å². The monoisotopic (exact) mass is 206 g/mol. The Hall–Kier alpha value is -1.84. The van der Waals surface area contributed by atoms with E-state index in [0.29, 0.717) is 11.3 Å². The minimum absolute atomic E-state index is 0.250. The molecular weight excluding hydrogens is 196 g/mol. The van der Waals surface area contributed by atoms with Crippen molar-refractivity contribution in [1.29, 1.82) is 0 Å². The summed E-state index contributed by atoms with van der Waals surface area (Å²) in [6, 6.07) is 1.80. The molecule has 0 amide bonds. The van der Waals surface area contributed by atoms with Gasteiger partial charge in [-0.2, -0.15) is 0 Å². The molecule has 2 rings (SSSR count). The zero-order valence-electron chi connectivity index (χ0n) is 8.71. The van der Waals surface area contributed by atoms with Gasteiger partial charge >= 0.3 is 11.9 Å². The van der Waals surface area contributed by atoms with E-state index >= 15 is 0 Å². The number of cyclic esters (lactones) is 2. The fourth-order valence-corrected chi connectivity index (χ4v) is 1.88. The van der Waals surface area contributed by atoms with Gasteiger partial charge in [0.15, 0.2) is 0 Å². The average molecular weight is 206 g/mol. The predicted octanol–water partition coefficient (Wildman–Crippen LogP) is 1.62. The summed E-state index contributed by atoms with van der Waals surface area (Å²) < 4.78 is 9.66. The van der Waals surface area contributed by atoms with Crippen molar-refractivity contribution in [3.63, 3.8) is 0 Å². The molecule has 4 heteroatoms. The second-order valence-corrected chi connectivity index (χ2v) is 3.47. The van der Waals surface area contributed by atoms with Crippen molar-refractivity contribution >= 4 is 11.9 Å². The van der Waals surface area contributed by atoms with Crippen LogP contribution in [-0.4, -0.2) is 19.0 Å². The van der Waals surface area contributed by atoms with Crippen molar-refractivity contribution in [1.82, 2.24) is 0 Å². The fourth-order valence-electron chi connectivity index (χ4n) is 1.88. The van der Waals surface area contributed by atoms with Gasteiger partial charge in [-0.25, -0.2) is 9.59 Å². The largest absolute Gasteiger partial charge is 0.496 e. The highest BCUT2D eigenvalue weighted by molar-refractivity contribution is 6.17. The third-order valence-electron chi connectivity index (χ3n) is 2.46. The normalized spacial score (nSPS) is 13.8. The summed E-state index contributed by atoms with van der Waals surface area (Å²) in [6.07, 6.45) is 0. The Labute approximate surface area is 86.8 Å². The van der Waals surface area contributed by atoms with Crippen molar-refractivity contribution in [2.75, 3.05) is 7.11 Å². The van der Waals surface area contributed by atoms with Crippen LogP contribution in [0.5, 0.6) is 5.75 Å². The Kier molecular flexibility index (Phi) is 2.00. The van der Waals surface area contributed by atoms with Crippen molar-refractivity contribution in [3.05, 3.63) is 28.3 Å². The highest BCUT2D eigenvalue weighted by Crippen LogP contribution is 2.34. The standard InChI is InChI=1S/C11H10O4/c1-5-4-6(2)9(14-3)8-7(5)10(12)15-11(8)13/h4H,1-3H3. The van der Waals surface area contributed by atoms with Gasteiger partial charge in [0, 0.05) is 0 Å². The van der Waals surface area contributed by atoms with Crippen molar-refractivity contribution in [2.45, 2.75) is 13.8 Å². The van der Waals surface area contributed by atoms with Gasteiger partial charge in [-0.1, -0.05) is 6.07 Å². The number of hydrogen-bond donors (Lipinski definition) is 0. The number of methoxy groups -OCH3 is 1. The van der Waals surface area contributed by atoms with Gasteiger partial charge in [0.25, 0.3) is 0 Å². The quantitative estimate of drug-likeness (QED) is 0.517. The summed E-state index contributed by atoms with van der Waals surface area (Å²) in [6.45, 7) is 3.59. The Morgan fingerprint density at radius 2 is 1.67 bits per heavy atom. The lowest BCUT2D eigenvalue weighted by molar-refractivity contribution is 0.0442. The molecule has 15 heavy (non-hydrogen) atoms. The fraction of sp³-hybridized carbons (Fsp3) is 0.273. The number of hydrogen-bond acceptors (Lipinski definition) is 4. The van der Waals surface area contributed by atoms with Crippen molar-refractivity contribution in [2.24, 2.45) is 0 Å². The maximum Gasteiger partial charge on any atom is 0.350 e. The lowest BCUT2D eigenvalue weighted by Crippen LogP contribution is -2.01. The number of fused-ring (bicyclic) bond motifs is 1. The Morgan fingerprint density at radius 3 is 2.27 bits per heavy atom. The van der Waals surface area contributed by atoms with Gasteiger partial charge in [-0.3, -0.25) is 0 Å². The van der Waals surface area contributed by atoms with E-state index in [0.717, 1.165) is 11.1 Å².